The van der Waals surface area contributed by atoms with Gasteiger partial charge in [0.1, 0.15) is 0 Å². The monoisotopic (exact) mass is 425 g/mol. The van der Waals surface area contributed by atoms with Crippen molar-refractivity contribution in [3.8, 4) is 0 Å². The topological polar surface area (TPSA) is 52.7 Å². The molecule has 1 aromatic carbocycles. The molecule has 8 heteroatoms. The van der Waals surface area contributed by atoms with Gasteiger partial charge >= 0.3 is 6.18 Å². The van der Waals surface area contributed by atoms with Gasteiger partial charge in [-0.1, -0.05) is 6.07 Å². The molecular weight excluding hydrogens is 395 g/mol. The summed E-state index contributed by atoms with van der Waals surface area (Å²) in [4.78, 5) is 27.0. The van der Waals surface area contributed by atoms with Gasteiger partial charge in [0.15, 0.2) is 0 Å². The first kappa shape index (κ1) is 22.6. The molecule has 2 fully saturated rings. The number of hydrogen-bond donors (Lipinski definition) is 1. The van der Waals surface area contributed by atoms with Crippen LogP contribution >= 0.6 is 0 Å². The Hall–Kier alpha value is -2.09. The summed E-state index contributed by atoms with van der Waals surface area (Å²) in [7, 11) is 0. The molecular formula is C22H30F3N3O2. The van der Waals surface area contributed by atoms with Crippen LogP contribution in [0.4, 0.5) is 18.9 Å². The molecule has 0 bridgehead atoms. The number of hydrogen-bond acceptors (Lipinski definition) is 4. The largest absolute Gasteiger partial charge is 0.416 e. The predicted molar refractivity (Wildman–Crippen MR) is 109 cm³/mol. The van der Waals surface area contributed by atoms with Crippen molar-refractivity contribution in [1.29, 1.82) is 0 Å². The van der Waals surface area contributed by atoms with Crippen LogP contribution in [0.25, 0.3) is 0 Å². The third-order valence-corrected chi connectivity index (χ3v) is 6.27. The lowest BCUT2D eigenvalue weighted by molar-refractivity contribution is -0.137. The van der Waals surface area contributed by atoms with Crippen molar-refractivity contribution in [1.82, 2.24) is 10.2 Å². The van der Waals surface area contributed by atoms with Gasteiger partial charge in [-0.2, -0.15) is 13.2 Å². The van der Waals surface area contributed by atoms with Gasteiger partial charge in [-0.15, -0.1) is 0 Å². The van der Waals surface area contributed by atoms with E-state index in [2.05, 4.69) is 10.2 Å². The number of halogens is 3. The summed E-state index contributed by atoms with van der Waals surface area (Å²) in [5.74, 6) is -0.310. The van der Waals surface area contributed by atoms with E-state index in [1.54, 1.807) is 6.07 Å². The van der Waals surface area contributed by atoms with Gasteiger partial charge in [-0.25, -0.2) is 0 Å². The fourth-order valence-electron chi connectivity index (χ4n) is 4.36. The Morgan fingerprint density at radius 2 is 1.73 bits per heavy atom. The Kier molecular flexibility index (Phi) is 7.39. The highest BCUT2D eigenvalue weighted by Crippen LogP contribution is 2.32. The van der Waals surface area contributed by atoms with Gasteiger partial charge in [0.05, 0.1) is 5.56 Å². The minimum Gasteiger partial charge on any atom is -0.369 e. The van der Waals surface area contributed by atoms with Crippen LogP contribution in [0.1, 0.15) is 44.6 Å². The average Bonchev–Trinajstić information content (AvgIpc) is 2.73. The fourth-order valence-corrected chi connectivity index (χ4v) is 4.36. The maximum atomic E-state index is 12.9. The Bertz CT molecular complexity index is 737. The molecule has 1 aliphatic carbocycles. The van der Waals surface area contributed by atoms with Crippen LogP contribution in [0.15, 0.2) is 24.3 Å². The number of carbonyl (C=O) groups is 2. The molecule has 0 radical (unpaired) electrons. The number of ketones is 1. The van der Waals surface area contributed by atoms with Gasteiger partial charge in [0, 0.05) is 44.8 Å². The van der Waals surface area contributed by atoms with E-state index in [1.807, 2.05) is 4.90 Å². The zero-order valence-corrected chi connectivity index (χ0v) is 17.4. The van der Waals surface area contributed by atoms with Crippen molar-refractivity contribution in [2.45, 2.75) is 51.2 Å². The summed E-state index contributed by atoms with van der Waals surface area (Å²) in [6, 6.07) is 5.67. The Morgan fingerprint density at radius 1 is 1.07 bits per heavy atom. The van der Waals surface area contributed by atoms with Crippen LogP contribution in [-0.2, 0) is 15.8 Å². The lowest BCUT2D eigenvalue weighted by Gasteiger charge is -2.37. The third kappa shape index (κ3) is 6.20. The van der Waals surface area contributed by atoms with Crippen LogP contribution in [0.5, 0.6) is 0 Å². The highest BCUT2D eigenvalue weighted by atomic mass is 19.4. The lowest BCUT2D eigenvalue weighted by Crippen LogP contribution is -2.47. The van der Waals surface area contributed by atoms with E-state index >= 15 is 0 Å². The zero-order valence-electron chi connectivity index (χ0n) is 17.4. The SMILES string of the molecule is CC(=O)C(=O)NC1CCC(CCN2CCN(c3cccc(C(F)(F)F)c3)CC2)CC1. The van der Waals surface area contributed by atoms with E-state index in [1.165, 1.54) is 19.1 Å². The first-order valence-electron chi connectivity index (χ1n) is 10.7. The van der Waals surface area contributed by atoms with Crippen molar-refractivity contribution >= 4 is 17.4 Å². The van der Waals surface area contributed by atoms with Crippen molar-refractivity contribution < 1.29 is 22.8 Å². The molecule has 1 N–H and O–H groups in total. The molecule has 3 rings (SSSR count). The fraction of sp³-hybridized carbons (Fsp3) is 0.636. The molecule has 1 amide bonds. The number of anilines is 1. The molecule has 5 nitrogen and oxygen atoms in total. The van der Waals surface area contributed by atoms with Crippen molar-refractivity contribution in [2.24, 2.45) is 5.92 Å². The molecule has 1 saturated carbocycles. The van der Waals surface area contributed by atoms with Crippen LogP contribution in [0, 0.1) is 5.92 Å². The molecule has 0 atom stereocenters. The lowest BCUT2D eigenvalue weighted by atomic mass is 9.84. The quantitative estimate of drug-likeness (QED) is 0.709. The summed E-state index contributed by atoms with van der Waals surface area (Å²) in [5, 5.41) is 2.80. The Labute approximate surface area is 175 Å². The second-order valence-corrected chi connectivity index (χ2v) is 8.41. The second kappa shape index (κ2) is 9.81. The van der Waals surface area contributed by atoms with Crippen LogP contribution < -0.4 is 10.2 Å². The standard InChI is InChI=1S/C22H30F3N3O2/c1-16(29)21(30)26-19-7-5-17(6-8-19)9-10-27-11-13-28(14-12-27)20-4-2-3-18(15-20)22(23,24)25/h2-4,15,17,19H,5-14H2,1H3,(H,26,30). The number of amides is 1. The molecule has 166 valence electrons. The highest BCUT2D eigenvalue weighted by molar-refractivity contribution is 6.35. The van der Waals surface area contributed by atoms with E-state index in [4.69, 9.17) is 0 Å². The molecule has 0 aromatic heterocycles. The summed E-state index contributed by atoms with van der Waals surface area (Å²) < 4.78 is 38.8. The summed E-state index contributed by atoms with van der Waals surface area (Å²) in [6.07, 6.45) is 0.697. The van der Waals surface area contributed by atoms with Gasteiger partial charge in [-0.05, 0) is 62.8 Å². The predicted octanol–water partition coefficient (Wildman–Crippen LogP) is 3.48. The van der Waals surface area contributed by atoms with Crippen molar-refractivity contribution in [2.75, 3.05) is 37.6 Å². The number of benzene rings is 1. The minimum atomic E-state index is -4.31. The van der Waals surface area contributed by atoms with Crippen LogP contribution in [0.3, 0.4) is 0 Å². The summed E-state index contributed by atoms with van der Waals surface area (Å²) >= 11 is 0. The molecule has 0 spiro atoms. The Balaban J connectivity index is 1.38. The van der Waals surface area contributed by atoms with Crippen LogP contribution in [0.2, 0.25) is 0 Å². The summed E-state index contributed by atoms with van der Waals surface area (Å²) in [5.41, 5.74) is 0.0351. The second-order valence-electron chi connectivity index (χ2n) is 8.41. The molecule has 1 heterocycles. The molecule has 0 unspecified atom stereocenters. The van der Waals surface area contributed by atoms with E-state index < -0.39 is 23.4 Å². The van der Waals surface area contributed by atoms with E-state index in [0.29, 0.717) is 11.6 Å². The maximum absolute atomic E-state index is 12.9. The third-order valence-electron chi connectivity index (χ3n) is 6.27. The van der Waals surface area contributed by atoms with E-state index in [9.17, 15) is 22.8 Å². The van der Waals surface area contributed by atoms with Gasteiger partial charge < -0.3 is 10.2 Å². The molecule has 1 aliphatic heterocycles. The normalized spacial score (nSPS) is 23.3. The summed E-state index contributed by atoms with van der Waals surface area (Å²) in [6.45, 7) is 5.43. The minimum absolute atomic E-state index is 0.105. The number of nitrogens with zero attached hydrogens (tertiary/aromatic N) is 2. The maximum Gasteiger partial charge on any atom is 0.416 e. The molecule has 1 aromatic rings. The van der Waals surface area contributed by atoms with Gasteiger partial charge in [-0.3, -0.25) is 14.5 Å². The molecule has 2 aliphatic rings. The first-order chi connectivity index (χ1) is 14.2. The number of nitrogens with one attached hydrogen (secondary N) is 1. The van der Waals surface area contributed by atoms with E-state index in [-0.39, 0.29) is 6.04 Å². The number of rotatable bonds is 6. The smallest absolute Gasteiger partial charge is 0.369 e. The molecule has 30 heavy (non-hydrogen) atoms. The van der Waals surface area contributed by atoms with Crippen LogP contribution in [-0.4, -0.2) is 55.4 Å². The number of piperazine rings is 1. The average molecular weight is 425 g/mol. The first-order valence-corrected chi connectivity index (χ1v) is 10.7. The number of carbonyl (C=O) groups excluding carboxylic acids is 2. The van der Waals surface area contributed by atoms with Crippen molar-refractivity contribution in [3.05, 3.63) is 29.8 Å². The molecule has 1 saturated heterocycles. The Morgan fingerprint density at radius 3 is 2.33 bits per heavy atom. The zero-order chi connectivity index (χ0) is 21.7. The van der Waals surface area contributed by atoms with Crippen molar-refractivity contribution in [3.63, 3.8) is 0 Å². The van der Waals surface area contributed by atoms with Gasteiger partial charge in [0.2, 0.25) is 5.78 Å². The number of Topliss-reactive ketones (excluding diaryl/α,β-unsaturated/α-hetero) is 1. The van der Waals surface area contributed by atoms with E-state index in [0.717, 1.165) is 70.9 Å². The highest BCUT2D eigenvalue weighted by Gasteiger charge is 2.31. The van der Waals surface area contributed by atoms with Gasteiger partial charge in [0.25, 0.3) is 5.91 Å². The number of alkyl halides is 3.